The molecule has 0 fully saturated rings. The number of carbonyl (C=O) groups excluding carboxylic acids is 1. The fraction of sp³-hybridized carbons (Fsp3) is 0.364. The zero-order valence-corrected chi connectivity index (χ0v) is 18.9. The van der Waals surface area contributed by atoms with Crippen LogP contribution >= 0.6 is 11.3 Å². The lowest BCUT2D eigenvalue weighted by Crippen LogP contribution is -2.46. The highest BCUT2D eigenvalue weighted by Crippen LogP contribution is 2.38. The monoisotopic (exact) mass is 456 g/mol. The van der Waals surface area contributed by atoms with Crippen LogP contribution in [0.1, 0.15) is 41.1 Å². The maximum atomic E-state index is 14.0. The number of amides is 1. The maximum Gasteiger partial charge on any atom is 0.260 e. The molecule has 7 nitrogen and oxygen atoms in total. The number of rotatable bonds is 3. The maximum absolute atomic E-state index is 14.0. The average molecular weight is 457 g/mol. The summed E-state index contributed by atoms with van der Waals surface area (Å²) in [7, 11) is 1.80. The molecule has 5 heterocycles. The van der Waals surface area contributed by atoms with E-state index in [9.17, 15) is 13.6 Å². The number of hydrogen-bond acceptors (Lipinski definition) is 5. The van der Waals surface area contributed by atoms with Crippen LogP contribution in [0.15, 0.2) is 29.6 Å². The predicted molar refractivity (Wildman–Crippen MR) is 119 cm³/mol. The molecule has 166 valence electrons. The van der Waals surface area contributed by atoms with Gasteiger partial charge in [0.05, 0.1) is 32.9 Å². The summed E-state index contributed by atoms with van der Waals surface area (Å²) in [6, 6.07) is 5.88. The Labute approximate surface area is 187 Å². The largest absolute Gasteiger partial charge is 0.290 e. The summed E-state index contributed by atoms with van der Waals surface area (Å²) in [6.07, 6.45) is -2.44. The van der Waals surface area contributed by atoms with E-state index in [0.29, 0.717) is 39.5 Å². The number of nitrogens with zero attached hydrogens (tertiary/aromatic N) is 6. The topological polar surface area (TPSA) is 68.8 Å². The summed E-state index contributed by atoms with van der Waals surface area (Å²) in [5, 5.41) is 11.4. The lowest BCUT2D eigenvalue weighted by molar-refractivity contribution is 0.0609. The second kappa shape index (κ2) is 7.47. The van der Waals surface area contributed by atoms with Gasteiger partial charge in [0.15, 0.2) is 5.65 Å². The summed E-state index contributed by atoms with van der Waals surface area (Å²) < 4.78 is 30.4. The molecule has 0 saturated carbocycles. The molecule has 1 amide bonds. The Balaban J connectivity index is 1.70. The van der Waals surface area contributed by atoms with Gasteiger partial charge in [0, 0.05) is 19.2 Å². The van der Waals surface area contributed by atoms with Crippen molar-refractivity contribution in [1.29, 1.82) is 0 Å². The fourth-order valence-electron chi connectivity index (χ4n) is 4.52. The molecule has 0 N–H and O–H groups in total. The SMILES string of the molecule is Cc1cc2n(n1)[C@H](C(F)F)C[C@@H](C)N2C(=O)c1cc(-c2cccs2)nc2c1c(C)nn2C. The molecule has 1 aliphatic rings. The van der Waals surface area contributed by atoms with Crippen molar-refractivity contribution in [2.75, 3.05) is 4.90 Å². The average Bonchev–Trinajstić information content (AvgIpc) is 3.46. The highest BCUT2D eigenvalue weighted by Gasteiger charge is 2.40. The molecule has 0 bridgehead atoms. The van der Waals surface area contributed by atoms with Gasteiger partial charge in [-0.1, -0.05) is 6.07 Å². The minimum absolute atomic E-state index is 0.121. The molecule has 0 radical (unpaired) electrons. The second-order valence-electron chi connectivity index (χ2n) is 8.19. The minimum atomic E-state index is -2.56. The number of hydrogen-bond donors (Lipinski definition) is 0. The van der Waals surface area contributed by atoms with Gasteiger partial charge in [-0.15, -0.1) is 11.3 Å². The van der Waals surface area contributed by atoms with Crippen molar-refractivity contribution in [3.05, 3.63) is 46.6 Å². The molecule has 1 aliphatic heterocycles. The van der Waals surface area contributed by atoms with Gasteiger partial charge < -0.3 is 0 Å². The Morgan fingerprint density at radius 1 is 1.25 bits per heavy atom. The van der Waals surface area contributed by atoms with Crippen molar-refractivity contribution in [2.45, 2.75) is 45.7 Å². The number of fused-ring (bicyclic) bond motifs is 2. The van der Waals surface area contributed by atoms with Gasteiger partial charge in [0.2, 0.25) is 0 Å². The molecular formula is C22H22F2N6OS. The number of thiophene rings is 1. The minimum Gasteiger partial charge on any atom is -0.290 e. The van der Waals surface area contributed by atoms with Gasteiger partial charge >= 0.3 is 0 Å². The Hall–Kier alpha value is -3.14. The van der Waals surface area contributed by atoms with Crippen LogP contribution in [0.5, 0.6) is 0 Å². The summed E-state index contributed by atoms with van der Waals surface area (Å²) in [4.78, 5) is 21.3. The highest BCUT2D eigenvalue weighted by molar-refractivity contribution is 7.13. The van der Waals surface area contributed by atoms with Gasteiger partial charge in [0.25, 0.3) is 12.3 Å². The van der Waals surface area contributed by atoms with Crippen molar-refractivity contribution in [2.24, 2.45) is 7.05 Å². The van der Waals surface area contributed by atoms with E-state index in [0.717, 1.165) is 4.88 Å². The first-order valence-electron chi connectivity index (χ1n) is 10.3. The first kappa shape index (κ1) is 20.7. The second-order valence-corrected chi connectivity index (χ2v) is 9.14. The number of anilines is 1. The number of pyridine rings is 1. The molecular weight excluding hydrogens is 434 g/mol. The van der Waals surface area contributed by atoms with Gasteiger partial charge in [0.1, 0.15) is 11.9 Å². The third-order valence-corrected chi connectivity index (χ3v) is 6.80. The Kier molecular flexibility index (Phi) is 4.85. The van der Waals surface area contributed by atoms with E-state index in [1.807, 2.05) is 24.4 Å². The third kappa shape index (κ3) is 3.12. The van der Waals surface area contributed by atoms with E-state index in [1.165, 1.54) is 16.0 Å². The Morgan fingerprint density at radius 3 is 2.72 bits per heavy atom. The van der Waals surface area contributed by atoms with Crippen molar-refractivity contribution in [3.8, 4) is 10.6 Å². The van der Waals surface area contributed by atoms with Crippen LogP contribution in [0.3, 0.4) is 0 Å². The van der Waals surface area contributed by atoms with E-state index in [1.54, 1.807) is 42.6 Å². The normalized spacial score (nSPS) is 18.5. The van der Waals surface area contributed by atoms with Crippen molar-refractivity contribution in [3.63, 3.8) is 0 Å². The predicted octanol–water partition coefficient (Wildman–Crippen LogP) is 4.76. The molecule has 10 heteroatoms. The number of aromatic nitrogens is 5. The number of aryl methyl sites for hydroxylation is 3. The van der Waals surface area contributed by atoms with Crippen LogP contribution in [-0.2, 0) is 7.05 Å². The van der Waals surface area contributed by atoms with Crippen LogP contribution in [0.4, 0.5) is 14.6 Å². The van der Waals surface area contributed by atoms with E-state index in [2.05, 4.69) is 10.2 Å². The van der Waals surface area contributed by atoms with Crippen molar-refractivity contribution >= 4 is 34.1 Å². The zero-order valence-electron chi connectivity index (χ0n) is 18.1. The summed E-state index contributed by atoms with van der Waals surface area (Å²) in [5.41, 5.74) is 3.03. The zero-order chi connectivity index (χ0) is 22.7. The summed E-state index contributed by atoms with van der Waals surface area (Å²) in [6.45, 7) is 5.38. The quantitative estimate of drug-likeness (QED) is 0.446. The van der Waals surface area contributed by atoms with Gasteiger partial charge in [-0.3, -0.25) is 14.4 Å². The molecule has 0 spiro atoms. The number of halogens is 2. The van der Waals surface area contributed by atoms with Crippen LogP contribution in [-0.4, -0.2) is 42.9 Å². The highest BCUT2D eigenvalue weighted by atomic mass is 32.1. The van der Waals surface area contributed by atoms with Gasteiger partial charge in [-0.25, -0.2) is 18.4 Å². The van der Waals surface area contributed by atoms with E-state index in [4.69, 9.17) is 4.98 Å². The number of alkyl halides is 2. The van der Waals surface area contributed by atoms with Gasteiger partial charge in [-0.05, 0) is 44.7 Å². The lowest BCUT2D eigenvalue weighted by atomic mass is 10.0. The van der Waals surface area contributed by atoms with Crippen molar-refractivity contribution < 1.29 is 13.6 Å². The standard InChI is InChI=1S/C22H22F2N6OS/c1-11-8-18-29(12(2)9-16(20(23)24)30(18)26-11)22(31)14-10-15(17-6-5-7-32-17)25-21-19(14)13(3)27-28(21)4/h5-8,10,12,16,20H,9H2,1-4H3/t12-,16+/m1/s1. The molecule has 0 aliphatic carbocycles. The fourth-order valence-corrected chi connectivity index (χ4v) is 5.20. The molecule has 4 aromatic heterocycles. The van der Waals surface area contributed by atoms with Crippen LogP contribution < -0.4 is 4.90 Å². The van der Waals surface area contributed by atoms with Crippen LogP contribution in [0.2, 0.25) is 0 Å². The van der Waals surface area contributed by atoms with Crippen LogP contribution in [0, 0.1) is 13.8 Å². The molecule has 4 aromatic rings. The molecule has 2 atom stereocenters. The first-order chi connectivity index (χ1) is 15.3. The lowest BCUT2D eigenvalue weighted by Gasteiger charge is -2.38. The van der Waals surface area contributed by atoms with Crippen LogP contribution in [0.25, 0.3) is 21.6 Å². The first-order valence-corrected chi connectivity index (χ1v) is 11.2. The molecule has 32 heavy (non-hydrogen) atoms. The summed E-state index contributed by atoms with van der Waals surface area (Å²) >= 11 is 1.53. The number of carbonyl (C=O) groups is 1. The Bertz CT molecular complexity index is 1330. The smallest absolute Gasteiger partial charge is 0.260 e. The van der Waals surface area contributed by atoms with Crippen molar-refractivity contribution in [1.82, 2.24) is 24.5 Å². The molecule has 0 saturated heterocycles. The van der Waals surface area contributed by atoms with Gasteiger partial charge in [-0.2, -0.15) is 10.2 Å². The Morgan fingerprint density at radius 2 is 2.03 bits per heavy atom. The third-order valence-electron chi connectivity index (χ3n) is 5.90. The van der Waals surface area contributed by atoms with E-state index in [-0.39, 0.29) is 12.3 Å². The molecule has 0 unspecified atom stereocenters. The molecule has 0 aromatic carbocycles. The molecule has 5 rings (SSSR count). The van der Waals surface area contributed by atoms with E-state index >= 15 is 0 Å². The van der Waals surface area contributed by atoms with E-state index < -0.39 is 18.5 Å². The summed E-state index contributed by atoms with van der Waals surface area (Å²) in [5.74, 6) is 0.119.